The minimum Gasteiger partial charge on any atom is -0.345 e. The average Bonchev–Trinajstić information content (AvgIpc) is 3.67. The molecule has 0 aliphatic heterocycles. The van der Waals surface area contributed by atoms with E-state index in [1.165, 1.54) is 0 Å². The van der Waals surface area contributed by atoms with E-state index in [9.17, 15) is 44.7 Å². The van der Waals surface area contributed by atoms with Crippen LogP contribution in [0.25, 0.3) is 5.83 Å². The van der Waals surface area contributed by atoms with Gasteiger partial charge in [-0.05, 0) is 48.7 Å². The number of halogens is 12. The minimum atomic E-state index is -5.26. The Labute approximate surface area is 248 Å². The van der Waals surface area contributed by atoms with Crippen LogP contribution in [0.2, 0.25) is 15.1 Å². The van der Waals surface area contributed by atoms with Gasteiger partial charge in [-0.25, -0.2) is 13.2 Å². The molecule has 3 rings (SSSR count). The third kappa shape index (κ3) is 7.84. The van der Waals surface area contributed by atoms with E-state index < -0.39 is 77.0 Å². The number of amides is 2. The van der Waals surface area contributed by atoms with E-state index in [0.29, 0.717) is 12.1 Å². The molecule has 2 aromatic carbocycles. The Kier molecular flexibility index (Phi) is 9.80. The van der Waals surface area contributed by atoms with E-state index in [1.807, 2.05) is 5.32 Å². The molecule has 42 heavy (non-hydrogen) atoms. The van der Waals surface area contributed by atoms with E-state index >= 15 is 4.39 Å². The summed E-state index contributed by atoms with van der Waals surface area (Å²) in [6.45, 7) is -0.618. The Balaban J connectivity index is 1.98. The van der Waals surface area contributed by atoms with Crippen molar-refractivity contribution in [3.63, 3.8) is 0 Å². The SMILES string of the molecule is CCC(F)(F)C(/C=C(\F)c1ccc(C(=O)NC2(C(=O)NCC(F)(F)F)CC2)c(C(F)(F)F)c1)c1cc(Cl)c(Cl)c(Cl)c1. The molecule has 230 valence electrons. The van der Waals surface area contributed by atoms with Crippen LogP contribution in [0.1, 0.15) is 59.2 Å². The van der Waals surface area contributed by atoms with Crippen LogP contribution in [0.4, 0.5) is 39.5 Å². The van der Waals surface area contributed by atoms with Crippen molar-refractivity contribution in [3.05, 3.63) is 73.7 Å². The van der Waals surface area contributed by atoms with Gasteiger partial charge in [0, 0.05) is 12.0 Å². The van der Waals surface area contributed by atoms with Gasteiger partial charge in [-0.15, -0.1) is 0 Å². The van der Waals surface area contributed by atoms with E-state index in [-0.39, 0.29) is 39.5 Å². The van der Waals surface area contributed by atoms with Crippen LogP contribution >= 0.6 is 34.8 Å². The number of alkyl halides is 8. The molecular weight excluding hydrogens is 650 g/mol. The maximum absolute atomic E-state index is 15.3. The molecule has 0 radical (unpaired) electrons. The first kappa shape index (κ1) is 33.9. The van der Waals surface area contributed by atoms with Crippen molar-refractivity contribution >= 4 is 52.4 Å². The van der Waals surface area contributed by atoms with Gasteiger partial charge in [0.1, 0.15) is 17.9 Å². The van der Waals surface area contributed by atoms with Crippen LogP contribution < -0.4 is 10.6 Å². The highest BCUT2D eigenvalue weighted by atomic mass is 35.5. The van der Waals surface area contributed by atoms with Crippen LogP contribution in [-0.2, 0) is 11.0 Å². The number of nitrogens with one attached hydrogen (secondary N) is 2. The van der Waals surface area contributed by atoms with Crippen LogP contribution in [0, 0.1) is 0 Å². The summed E-state index contributed by atoms with van der Waals surface area (Å²) in [6.07, 6.45) is -10.7. The summed E-state index contributed by atoms with van der Waals surface area (Å²) in [5.41, 5.74) is -5.69. The molecule has 16 heteroatoms. The predicted octanol–water partition coefficient (Wildman–Crippen LogP) is 8.75. The quantitative estimate of drug-likeness (QED) is 0.207. The zero-order chi connectivity index (χ0) is 31.8. The summed E-state index contributed by atoms with van der Waals surface area (Å²) in [6, 6.07) is 3.53. The smallest absolute Gasteiger partial charge is 0.345 e. The Bertz CT molecular complexity index is 1380. The third-order valence-electron chi connectivity index (χ3n) is 6.44. The third-order valence-corrected chi connectivity index (χ3v) is 7.63. The van der Waals surface area contributed by atoms with Crippen LogP contribution in [0.5, 0.6) is 0 Å². The largest absolute Gasteiger partial charge is 0.417 e. The lowest BCUT2D eigenvalue weighted by atomic mass is 9.89. The van der Waals surface area contributed by atoms with Crippen molar-refractivity contribution in [1.29, 1.82) is 0 Å². The maximum Gasteiger partial charge on any atom is 0.417 e. The standard InChI is InChI=1S/C26H20Cl3F9N2O2/c1-2-24(31,32)15(13-8-17(27)20(29)18(28)9-13)10-19(30)12-3-4-14(16(7-12)26(36,37)38)21(41)40-23(5-6-23)22(42)39-11-25(33,34)35/h3-4,7-10,15H,2,5-6,11H2,1H3,(H,39,42)(H,40,41)/b19-10-. The van der Waals surface area contributed by atoms with E-state index in [4.69, 9.17) is 34.8 Å². The van der Waals surface area contributed by atoms with Crippen molar-refractivity contribution in [2.45, 2.75) is 55.9 Å². The van der Waals surface area contributed by atoms with Gasteiger partial charge in [-0.3, -0.25) is 9.59 Å². The lowest BCUT2D eigenvalue weighted by Gasteiger charge is -2.25. The van der Waals surface area contributed by atoms with Gasteiger partial charge >= 0.3 is 12.4 Å². The first-order chi connectivity index (χ1) is 19.2. The molecule has 0 spiro atoms. The molecule has 0 bridgehead atoms. The second-order valence-corrected chi connectivity index (χ2v) is 10.7. The van der Waals surface area contributed by atoms with Crippen molar-refractivity contribution in [3.8, 4) is 0 Å². The highest BCUT2D eigenvalue weighted by Crippen LogP contribution is 2.44. The molecular formula is C26H20Cl3F9N2O2. The average molecular weight is 670 g/mol. The van der Waals surface area contributed by atoms with E-state index in [0.717, 1.165) is 25.1 Å². The van der Waals surface area contributed by atoms with Crippen molar-refractivity contribution in [1.82, 2.24) is 10.6 Å². The predicted molar refractivity (Wildman–Crippen MR) is 138 cm³/mol. The summed E-state index contributed by atoms with van der Waals surface area (Å²) in [4.78, 5) is 24.9. The van der Waals surface area contributed by atoms with Gasteiger partial charge < -0.3 is 10.6 Å². The van der Waals surface area contributed by atoms with E-state index in [2.05, 4.69) is 0 Å². The normalized spacial score (nSPS) is 16.2. The first-order valence-corrected chi connectivity index (χ1v) is 13.1. The van der Waals surface area contributed by atoms with Gasteiger partial charge in [-0.2, -0.15) is 26.3 Å². The fourth-order valence-corrected chi connectivity index (χ4v) is 4.59. The molecule has 1 fully saturated rings. The van der Waals surface area contributed by atoms with Crippen LogP contribution in [0.3, 0.4) is 0 Å². The molecule has 1 atom stereocenters. The maximum atomic E-state index is 15.3. The molecule has 0 heterocycles. The van der Waals surface area contributed by atoms with Crippen LogP contribution in [0.15, 0.2) is 36.4 Å². The molecule has 2 amide bonds. The molecule has 2 N–H and O–H groups in total. The highest BCUT2D eigenvalue weighted by Gasteiger charge is 2.52. The topological polar surface area (TPSA) is 58.2 Å². The summed E-state index contributed by atoms with van der Waals surface area (Å²) in [7, 11) is 0. The minimum absolute atomic E-state index is 0.134. The molecule has 0 aromatic heterocycles. The first-order valence-electron chi connectivity index (χ1n) is 12.0. The van der Waals surface area contributed by atoms with Crippen molar-refractivity contribution < 1.29 is 49.1 Å². The van der Waals surface area contributed by atoms with E-state index in [1.54, 1.807) is 5.32 Å². The summed E-state index contributed by atoms with van der Waals surface area (Å²) < 4.78 is 124. The Morgan fingerprint density at radius 1 is 0.976 bits per heavy atom. The fourth-order valence-electron chi connectivity index (χ4n) is 3.97. The summed E-state index contributed by atoms with van der Waals surface area (Å²) in [5.74, 6) is -9.86. The Morgan fingerprint density at radius 2 is 1.55 bits per heavy atom. The van der Waals surface area contributed by atoms with Gasteiger partial charge in [0.15, 0.2) is 0 Å². The molecule has 0 saturated heterocycles. The number of hydrogen-bond acceptors (Lipinski definition) is 2. The number of carbonyl (C=O) groups is 2. The number of carbonyl (C=O) groups excluding carboxylic acids is 2. The zero-order valence-corrected chi connectivity index (χ0v) is 23.5. The number of hydrogen-bond donors (Lipinski definition) is 2. The van der Waals surface area contributed by atoms with Gasteiger partial charge in [0.2, 0.25) is 5.91 Å². The molecule has 1 unspecified atom stereocenters. The lowest BCUT2D eigenvalue weighted by Crippen LogP contribution is -2.51. The zero-order valence-electron chi connectivity index (χ0n) is 21.2. The fraction of sp³-hybridized carbons (Fsp3) is 0.385. The lowest BCUT2D eigenvalue weighted by molar-refractivity contribution is -0.140. The van der Waals surface area contributed by atoms with Gasteiger partial charge in [0.05, 0.1) is 32.1 Å². The summed E-state index contributed by atoms with van der Waals surface area (Å²) in [5, 5.41) is 2.98. The highest BCUT2D eigenvalue weighted by molar-refractivity contribution is 6.48. The van der Waals surface area contributed by atoms with Gasteiger partial charge in [0.25, 0.3) is 11.8 Å². The Morgan fingerprint density at radius 3 is 2.02 bits per heavy atom. The van der Waals surface area contributed by atoms with Crippen molar-refractivity contribution in [2.24, 2.45) is 0 Å². The van der Waals surface area contributed by atoms with Crippen molar-refractivity contribution in [2.75, 3.05) is 6.54 Å². The monoisotopic (exact) mass is 668 g/mol. The second kappa shape index (κ2) is 12.2. The Hall–Kier alpha value is -2.64. The molecule has 2 aromatic rings. The molecule has 1 aliphatic carbocycles. The number of rotatable bonds is 9. The molecule has 4 nitrogen and oxygen atoms in total. The van der Waals surface area contributed by atoms with Crippen LogP contribution in [-0.4, -0.2) is 36.0 Å². The summed E-state index contributed by atoms with van der Waals surface area (Å²) >= 11 is 17.7. The molecule has 1 saturated carbocycles. The number of allylic oxidation sites excluding steroid dienone is 1. The number of benzene rings is 2. The van der Waals surface area contributed by atoms with Gasteiger partial charge in [-0.1, -0.05) is 47.8 Å². The molecule has 1 aliphatic rings. The second-order valence-electron chi connectivity index (χ2n) is 9.50.